The van der Waals surface area contributed by atoms with Crippen LogP contribution in [0.2, 0.25) is 0 Å². The third-order valence-corrected chi connectivity index (χ3v) is 8.09. The second kappa shape index (κ2) is 13.2. The highest BCUT2D eigenvalue weighted by atomic mass is 32.2. The lowest BCUT2D eigenvalue weighted by Crippen LogP contribution is -2.26. The molecule has 10 nitrogen and oxygen atoms in total. The maximum Gasteiger partial charge on any atom is 0.148 e. The number of ether oxygens (including phenoxy) is 1. The second-order valence-electron chi connectivity index (χ2n) is 10.5. The zero-order valence-electron chi connectivity index (χ0n) is 24.2. The predicted octanol–water partition coefficient (Wildman–Crippen LogP) is 4.95. The summed E-state index contributed by atoms with van der Waals surface area (Å²) in [4.78, 5) is 11.1. The third-order valence-electron chi connectivity index (χ3n) is 7.16. The van der Waals surface area contributed by atoms with E-state index in [-0.39, 0.29) is 5.75 Å². The first-order valence-corrected chi connectivity index (χ1v) is 16.0. The number of benzene rings is 3. The summed E-state index contributed by atoms with van der Waals surface area (Å²) in [5.74, 6) is 1.60. The molecule has 0 aliphatic carbocycles. The van der Waals surface area contributed by atoms with E-state index in [2.05, 4.69) is 54.9 Å². The second-order valence-corrected chi connectivity index (χ2v) is 12.8. The Balaban J connectivity index is 1.26. The summed E-state index contributed by atoms with van der Waals surface area (Å²) in [6, 6.07) is 20.4. The molecule has 0 fully saturated rings. The Kier molecular flexibility index (Phi) is 9.19. The van der Waals surface area contributed by atoms with Crippen LogP contribution in [0, 0.1) is 0 Å². The minimum absolute atomic E-state index is 0.181. The first-order valence-electron chi connectivity index (χ1n) is 14.0. The number of hydrogen-bond donors (Lipinski definition) is 2. The monoisotopic (exact) mass is 587 g/mol. The van der Waals surface area contributed by atoms with Crippen LogP contribution in [0.4, 0.5) is 17.2 Å². The predicted molar refractivity (Wildman–Crippen MR) is 170 cm³/mol. The molecule has 2 heterocycles. The molecular formula is C31H37N7O3S. The molecule has 0 unspecified atom stereocenters. The highest BCUT2D eigenvalue weighted by Gasteiger charge is 2.12. The van der Waals surface area contributed by atoms with E-state index in [1.807, 2.05) is 54.3 Å². The van der Waals surface area contributed by atoms with Crippen molar-refractivity contribution >= 4 is 48.8 Å². The standard InChI is InChI=1S/C31H37N7O3S/c1-37(15-16-42(3,39)40)14-8-7-13-32-28-18-26-27(19-30(28)41-2)33-22-34-31(26)36-25-11-12-29-24(17-25)20-35-38(29)21-23-9-5-4-6-10-23/h4-6,9-12,17-20,22,32H,7-8,13-16,21H2,1-3H3,(H,33,34,36). The number of unbranched alkanes of at least 4 members (excludes halogenated alkanes) is 1. The van der Waals surface area contributed by atoms with Gasteiger partial charge in [0.05, 0.1) is 42.3 Å². The van der Waals surface area contributed by atoms with Crippen LogP contribution in [0.3, 0.4) is 0 Å². The van der Waals surface area contributed by atoms with Crippen molar-refractivity contribution in [3.63, 3.8) is 0 Å². The number of hydrogen-bond acceptors (Lipinski definition) is 9. The van der Waals surface area contributed by atoms with Gasteiger partial charge in [-0.15, -0.1) is 0 Å². The Morgan fingerprint density at radius 2 is 1.83 bits per heavy atom. The van der Waals surface area contributed by atoms with Crippen LogP contribution in [-0.2, 0) is 16.4 Å². The Bertz CT molecular complexity index is 1760. The van der Waals surface area contributed by atoms with E-state index < -0.39 is 9.84 Å². The molecule has 220 valence electrons. The topological polar surface area (TPSA) is 114 Å². The molecule has 0 aliphatic rings. The summed E-state index contributed by atoms with van der Waals surface area (Å²) < 4.78 is 30.4. The van der Waals surface area contributed by atoms with Crippen molar-refractivity contribution in [3.8, 4) is 5.75 Å². The van der Waals surface area contributed by atoms with Gasteiger partial charge in [-0.25, -0.2) is 18.4 Å². The smallest absolute Gasteiger partial charge is 0.148 e. The highest BCUT2D eigenvalue weighted by molar-refractivity contribution is 7.90. The summed E-state index contributed by atoms with van der Waals surface area (Å²) in [6.45, 7) is 2.85. The van der Waals surface area contributed by atoms with Crippen molar-refractivity contribution in [2.75, 3.05) is 56.4 Å². The molecular weight excluding hydrogens is 550 g/mol. The van der Waals surface area contributed by atoms with Gasteiger partial charge in [-0.3, -0.25) is 4.68 Å². The van der Waals surface area contributed by atoms with Gasteiger partial charge in [-0.1, -0.05) is 30.3 Å². The van der Waals surface area contributed by atoms with Gasteiger partial charge in [-0.2, -0.15) is 5.10 Å². The molecule has 0 saturated carbocycles. The molecule has 0 radical (unpaired) electrons. The van der Waals surface area contributed by atoms with Crippen molar-refractivity contribution in [1.29, 1.82) is 0 Å². The van der Waals surface area contributed by atoms with Crippen LogP contribution in [0.1, 0.15) is 18.4 Å². The Morgan fingerprint density at radius 1 is 1.00 bits per heavy atom. The molecule has 2 N–H and O–H groups in total. The SMILES string of the molecule is COc1cc2ncnc(Nc3ccc4c(cnn4Cc4ccccc4)c3)c2cc1NCCCCN(C)CCS(C)(=O)=O. The minimum atomic E-state index is -2.95. The Morgan fingerprint density at radius 3 is 2.62 bits per heavy atom. The van der Waals surface area contributed by atoms with Crippen LogP contribution in [0.25, 0.3) is 21.8 Å². The van der Waals surface area contributed by atoms with E-state index in [0.717, 1.165) is 59.1 Å². The molecule has 0 spiro atoms. The summed E-state index contributed by atoms with van der Waals surface area (Å²) in [7, 11) is 0.655. The van der Waals surface area contributed by atoms with Crippen molar-refractivity contribution in [2.24, 2.45) is 0 Å². The first-order chi connectivity index (χ1) is 20.3. The number of rotatable bonds is 14. The number of aromatic nitrogens is 4. The van der Waals surface area contributed by atoms with Gasteiger partial charge in [0.15, 0.2) is 0 Å². The number of fused-ring (bicyclic) bond motifs is 2. The number of anilines is 3. The fraction of sp³-hybridized carbons (Fsp3) is 0.323. The quantitative estimate of drug-likeness (QED) is 0.174. The van der Waals surface area contributed by atoms with Gasteiger partial charge in [-0.05, 0) is 56.3 Å². The van der Waals surface area contributed by atoms with Crippen LogP contribution in [0.15, 0.2) is 73.2 Å². The maximum absolute atomic E-state index is 11.4. The van der Waals surface area contributed by atoms with E-state index in [1.165, 1.54) is 11.8 Å². The van der Waals surface area contributed by atoms with E-state index in [9.17, 15) is 8.42 Å². The average Bonchev–Trinajstić information content (AvgIpc) is 3.37. The molecule has 42 heavy (non-hydrogen) atoms. The van der Waals surface area contributed by atoms with Crippen LogP contribution < -0.4 is 15.4 Å². The van der Waals surface area contributed by atoms with Crippen LogP contribution in [0.5, 0.6) is 5.75 Å². The van der Waals surface area contributed by atoms with Crippen LogP contribution >= 0.6 is 0 Å². The zero-order chi connectivity index (χ0) is 29.5. The van der Waals surface area contributed by atoms with Crippen molar-refractivity contribution in [1.82, 2.24) is 24.6 Å². The third kappa shape index (κ3) is 7.54. The van der Waals surface area contributed by atoms with E-state index >= 15 is 0 Å². The number of nitrogens with zero attached hydrogens (tertiary/aromatic N) is 5. The van der Waals surface area contributed by atoms with Gasteiger partial charge >= 0.3 is 0 Å². The zero-order valence-corrected chi connectivity index (χ0v) is 25.1. The van der Waals surface area contributed by atoms with E-state index in [1.54, 1.807) is 13.4 Å². The van der Waals surface area contributed by atoms with Gasteiger partial charge in [0.25, 0.3) is 0 Å². The Hall–Kier alpha value is -4.22. The molecule has 11 heteroatoms. The molecule has 0 atom stereocenters. The summed E-state index contributed by atoms with van der Waals surface area (Å²) >= 11 is 0. The fourth-order valence-corrected chi connectivity index (χ4v) is 5.48. The average molecular weight is 588 g/mol. The lowest BCUT2D eigenvalue weighted by Gasteiger charge is -2.17. The van der Waals surface area contributed by atoms with Crippen molar-refractivity contribution in [3.05, 3.63) is 78.8 Å². The van der Waals surface area contributed by atoms with Gasteiger partial charge in [0.2, 0.25) is 0 Å². The molecule has 2 aromatic heterocycles. The van der Waals surface area contributed by atoms with Gasteiger partial charge < -0.3 is 20.3 Å². The van der Waals surface area contributed by atoms with Crippen molar-refractivity contribution < 1.29 is 13.2 Å². The highest BCUT2D eigenvalue weighted by Crippen LogP contribution is 2.33. The molecule has 0 saturated heterocycles. The van der Waals surface area contributed by atoms with E-state index in [4.69, 9.17) is 4.74 Å². The molecule has 0 aliphatic heterocycles. The first kappa shape index (κ1) is 29.3. The van der Waals surface area contributed by atoms with Crippen molar-refractivity contribution in [2.45, 2.75) is 19.4 Å². The molecule has 5 rings (SSSR count). The minimum Gasteiger partial charge on any atom is -0.495 e. The number of nitrogens with one attached hydrogen (secondary N) is 2. The summed E-state index contributed by atoms with van der Waals surface area (Å²) in [5, 5.41) is 13.5. The molecule has 3 aromatic carbocycles. The Labute approximate surface area is 246 Å². The van der Waals surface area contributed by atoms with Gasteiger partial charge in [0, 0.05) is 41.9 Å². The lowest BCUT2D eigenvalue weighted by molar-refractivity contribution is 0.345. The van der Waals surface area contributed by atoms with E-state index in [0.29, 0.717) is 24.7 Å². The largest absolute Gasteiger partial charge is 0.495 e. The fourth-order valence-electron chi connectivity index (χ4n) is 4.84. The van der Waals surface area contributed by atoms with Crippen LogP contribution in [-0.4, -0.2) is 78.9 Å². The summed E-state index contributed by atoms with van der Waals surface area (Å²) in [5.41, 5.74) is 4.82. The maximum atomic E-state index is 11.4. The number of methoxy groups -OCH3 is 1. The molecule has 0 amide bonds. The molecule has 0 bridgehead atoms. The summed E-state index contributed by atoms with van der Waals surface area (Å²) in [6.07, 6.45) is 6.59. The number of sulfone groups is 1. The normalized spacial score (nSPS) is 11.8. The van der Waals surface area contributed by atoms with Gasteiger partial charge in [0.1, 0.15) is 27.7 Å². The lowest BCUT2D eigenvalue weighted by atomic mass is 10.1. The molecule has 5 aromatic rings.